The van der Waals surface area contributed by atoms with Crippen LogP contribution in [0.3, 0.4) is 0 Å². The summed E-state index contributed by atoms with van der Waals surface area (Å²) in [6, 6.07) is 13.1. The number of anilines is 2. The molecule has 6 heteroatoms. The molecule has 1 aromatic heterocycles. The van der Waals surface area contributed by atoms with Crippen molar-refractivity contribution in [3.63, 3.8) is 0 Å². The van der Waals surface area contributed by atoms with E-state index in [4.69, 9.17) is 4.98 Å². The SMILES string of the molecule is CCN(CC)c1nc(-c2cccc(NC(=O)c3cccc(F)c3)c2)cs1. The minimum atomic E-state index is -0.433. The number of rotatable bonds is 6. The maximum Gasteiger partial charge on any atom is 0.255 e. The highest BCUT2D eigenvalue weighted by atomic mass is 32.1. The predicted molar refractivity (Wildman–Crippen MR) is 105 cm³/mol. The summed E-state index contributed by atoms with van der Waals surface area (Å²) in [7, 11) is 0. The molecule has 0 aliphatic rings. The normalized spacial score (nSPS) is 10.6. The highest BCUT2D eigenvalue weighted by Gasteiger charge is 2.11. The van der Waals surface area contributed by atoms with Crippen LogP contribution >= 0.6 is 11.3 Å². The summed E-state index contributed by atoms with van der Waals surface area (Å²) in [5.74, 6) is -0.776. The topological polar surface area (TPSA) is 45.2 Å². The summed E-state index contributed by atoms with van der Waals surface area (Å²) in [5.41, 5.74) is 2.73. The zero-order valence-corrected chi connectivity index (χ0v) is 15.5. The van der Waals surface area contributed by atoms with Gasteiger partial charge in [0, 0.05) is 35.3 Å². The van der Waals surface area contributed by atoms with Crippen molar-refractivity contribution in [2.24, 2.45) is 0 Å². The molecule has 0 saturated carbocycles. The van der Waals surface area contributed by atoms with E-state index >= 15 is 0 Å². The van der Waals surface area contributed by atoms with Gasteiger partial charge < -0.3 is 10.2 Å². The number of hydrogen-bond acceptors (Lipinski definition) is 4. The van der Waals surface area contributed by atoms with Crippen molar-refractivity contribution < 1.29 is 9.18 Å². The van der Waals surface area contributed by atoms with Crippen LogP contribution < -0.4 is 10.2 Å². The van der Waals surface area contributed by atoms with Gasteiger partial charge in [-0.1, -0.05) is 18.2 Å². The molecule has 26 heavy (non-hydrogen) atoms. The van der Waals surface area contributed by atoms with Gasteiger partial charge in [-0.3, -0.25) is 4.79 Å². The lowest BCUT2D eigenvalue weighted by Gasteiger charge is -2.16. The number of carbonyl (C=O) groups excluding carboxylic acids is 1. The van der Waals surface area contributed by atoms with Gasteiger partial charge in [0.05, 0.1) is 5.69 Å². The third-order valence-electron chi connectivity index (χ3n) is 4.03. The van der Waals surface area contributed by atoms with Crippen LogP contribution in [0.15, 0.2) is 53.9 Å². The van der Waals surface area contributed by atoms with Crippen molar-refractivity contribution in [3.05, 3.63) is 65.3 Å². The molecule has 0 radical (unpaired) electrons. The van der Waals surface area contributed by atoms with E-state index in [1.165, 1.54) is 18.2 Å². The van der Waals surface area contributed by atoms with Crippen molar-refractivity contribution >= 4 is 28.1 Å². The largest absolute Gasteiger partial charge is 0.349 e. The second-order valence-electron chi connectivity index (χ2n) is 5.73. The van der Waals surface area contributed by atoms with E-state index in [0.717, 1.165) is 29.5 Å². The number of hydrogen-bond donors (Lipinski definition) is 1. The third-order valence-corrected chi connectivity index (χ3v) is 4.93. The van der Waals surface area contributed by atoms with Crippen LogP contribution in [0.1, 0.15) is 24.2 Å². The molecular weight excluding hydrogens is 349 g/mol. The number of halogens is 1. The number of amides is 1. The number of aromatic nitrogens is 1. The molecule has 0 spiro atoms. The van der Waals surface area contributed by atoms with Gasteiger partial charge in [0.25, 0.3) is 5.91 Å². The maximum absolute atomic E-state index is 13.3. The Morgan fingerprint density at radius 2 is 1.92 bits per heavy atom. The summed E-state index contributed by atoms with van der Waals surface area (Å²) in [6.07, 6.45) is 0. The Balaban J connectivity index is 1.79. The van der Waals surface area contributed by atoms with Crippen molar-refractivity contribution in [2.75, 3.05) is 23.3 Å². The van der Waals surface area contributed by atoms with Gasteiger partial charge >= 0.3 is 0 Å². The molecule has 2 aromatic carbocycles. The van der Waals surface area contributed by atoms with Crippen molar-refractivity contribution in [1.82, 2.24) is 4.98 Å². The Morgan fingerprint density at radius 3 is 2.65 bits per heavy atom. The van der Waals surface area contributed by atoms with Gasteiger partial charge in [-0.15, -0.1) is 11.3 Å². The van der Waals surface area contributed by atoms with E-state index in [9.17, 15) is 9.18 Å². The van der Waals surface area contributed by atoms with Crippen molar-refractivity contribution in [3.8, 4) is 11.3 Å². The Hall–Kier alpha value is -2.73. The zero-order valence-electron chi connectivity index (χ0n) is 14.7. The minimum absolute atomic E-state index is 0.285. The summed E-state index contributed by atoms with van der Waals surface area (Å²) in [5, 5.41) is 5.81. The summed E-state index contributed by atoms with van der Waals surface area (Å²) in [6.45, 7) is 6.03. The molecule has 4 nitrogen and oxygen atoms in total. The molecule has 3 aromatic rings. The fourth-order valence-corrected chi connectivity index (χ4v) is 3.59. The molecule has 0 saturated heterocycles. The summed E-state index contributed by atoms with van der Waals surface area (Å²) >= 11 is 1.61. The highest BCUT2D eigenvalue weighted by molar-refractivity contribution is 7.14. The lowest BCUT2D eigenvalue weighted by Crippen LogP contribution is -2.21. The van der Waals surface area contributed by atoms with E-state index in [1.54, 1.807) is 23.5 Å². The molecule has 0 unspecified atom stereocenters. The molecule has 134 valence electrons. The first-order chi connectivity index (χ1) is 12.6. The lowest BCUT2D eigenvalue weighted by atomic mass is 10.1. The van der Waals surface area contributed by atoms with Crippen LogP contribution in [0.25, 0.3) is 11.3 Å². The van der Waals surface area contributed by atoms with Gasteiger partial charge in [-0.25, -0.2) is 9.37 Å². The van der Waals surface area contributed by atoms with Gasteiger partial charge in [0.15, 0.2) is 5.13 Å². The molecule has 1 heterocycles. The molecule has 0 bridgehead atoms. The fraction of sp³-hybridized carbons (Fsp3) is 0.200. The maximum atomic E-state index is 13.3. The minimum Gasteiger partial charge on any atom is -0.349 e. The van der Waals surface area contributed by atoms with E-state index in [1.807, 2.05) is 23.6 Å². The van der Waals surface area contributed by atoms with Crippen LogP contribution in [0.2, 0.25) is 0 Å². The molecule has 1 amide bonds. The number of thiazole rings is 1. The Bertz CT molecular complexity index is 905. The van der Waals surface area contributed by atoms with E-state index in [0.29, 0.717) is 5.69 Å². The smallest absolute Gasteiger partial charge is 0.255 e. The number of nitrogens with one attached hydrogen (secondary N) is 1. The molecular formula is C20H20FN3OS. The first-order valence-electron chi connectivity index (χ1n) is 8.48. The molecule has 1 N–H and O–H groups in total. The van der Waals surface area contributed by atoms with E-state index in [-0.39, 0.29) is 11.5 Å². The van der Waals surface area contributed by atoms with Crippen LogP contribution in [0.5, 0.6) is 0 Å². The number of nitrogens with zero attached hydrogens (tertiary/aromatic N) is 2. The summed E-state index contributed by atoms with van der Waals surface area (Å²) < 4.78 is 13.3. The second-order valence-corrected chi connectivity index (χ2v) is 6.57. The van der Waals surface area contributed by atoms with Crippen LogP contribution in [-0.4, -0.2) is 24.0 Å². The Kier molecular flexibility index (Phi) is 5.63. The molecule has 0 fully saturated rings. The lowest BCUT2D eigenvalue weighted by molar-refractivity contribution is 0.102. The molecule has 0 aliphatic heterocycles. The highest BCUT2D eigenvalue weighted by Crippen LogP contribution is 2.28. The monoisotopic (exact) mass is 369 g/mol. The quantitative estimate of drug-likeness (QED) is 0.661. The van der Waals surface area contributed by atoms with Crippen LogP contribution in [0.4, 0.5) is 15.2 Å². The molecule has 3 rings (SSSR count). The van der Waals surface area contributed by atoms with Crippen LogP contribution in [0, 0.1) is 5.82 Å². The number of carbonyl (C=O) groups is 1. The van der Waals surface area contributed by atoms with E-state index in [2.05, 4.69) is 24.1 Å². The van der Waals surface area contributed by atoms with Gasteiger partial charge in [0.1, 0.15) is 5.82 Å². The van der Waals surface area contributed by atoms with Crippen molar-refractivity contribution in [2.45, 2.75) is 13.8 Å². The van der Waals surface area contributed by atoms with Gasteiger partial charge in [-0.05, 0) is 44.2 Å². The van der Waals surface area contributed by atoms with Gasteiger partial charge in [0.2, 0.25) is 0 Å². The summed E-state index contributed by atoms with van der Waals surface area (Å²) in [4.78, 5) is 19.2. The Labute approximate surface area is 156 Å². The predicted octanol–water partition coefficient (Wildman–Crippen LogP) is 5.05. The number of benzene rings is 2. The van der Waals surface area contributed by atoms with E-state index < -0.39 is 5.82 Å². The average Bonchev–Trinajstić information content (AvgIpc) is 3.13. The fourth-order valence-electron chi connectivity index (χ4n) is 2.63. The first kappa shape index (κ1) is 18.1. The zero-order chi connectivity index (χ0) is 18.5. The third kappa shape index (κ3) is 4.08. The first-order valence-corrected chi connectivity index (χ1v) is 9.36. The average molecular weight is 369 g/mol. The van der Waals surface area contributed by atoms with Gasteiger partial charge in [-0.2, -0.15) is 0 Å². The second kappa shape index (κ2) is 8.10. The van der Waals surface area contributed by atoms with Crippen molar-refractivity contribution in [1.29, 1.82) is 0 Å². The molecule has 0 aliphatic carbocycles. The standard InChI is InChI=1S/C20H20FN3OS/c1-3-24(4-2)20-23-18(13-26-20)14-7-6-10-17(12-14)22-19(25)15-8-5-9-16(21)11-15/h5-13H,3-4H2,1-2H3,(H,22,25). The Morgan fingerprint density at radius 1 is 1.15 bits per heavy atom. The molecule has 0 atom stereocenters. The van der Waals surface area contributed by atoms with Crippen LogP contribution in [-0.2, 0) is 0 Å².